The van der Waals surface area contributed by atoms with Crippen LogP contribution in [0.25, 0.3) is 0 Å². The van der Waals surface area contributed by atoms with Gasteiger partial charge in [0.15, 0.2) is 0 Å². The summed E-state index contributed by atoms with van der Waals surface area (Å²) in [5.74, 6) is -0.679. The number of rotatable bonds is 1. The largest absolute Gasteiger partial charge is 0.481 e. The van der Waals surface area contributed by atoms with Gasteiger partial charge in [-0.1, -0.05) is 0 Å². The minimum Gasteiger partial charge on any atom is -0.481 e. The molecule has 0 aromatic rings. The lowest BCUT2D eigenvalue weighted by Crippen LogP contribution is -2.57. The van der Waals surface area contributed by atoms with E-state index in [1.165, 1.54) is 0 Å². The zero-order chi connectivity index (χ0) is 9.69. The van der Waals surface area contributed by atoms with Crippen LogP contribution in [-0.4, -0.2) is 22.8 Å². The molecule has 3 aliphatic rings. The van der Waals surface area contributed by atoms with Gasteiger partial charge in [0.25, 0.3) is 0 Å². The summed E-state index contributed by atoms with van der Waals surface area (Å²) in [7, 11) is 0. The number of hydrogen-bond donors (Lipinski definition) is 1. The SMILES string of the molecule is CC1OC2(C)CCC1(C(=O)O)CC2. The molecule has 2 heterocycles. The molecule has 13 heavy (non-hydrogen) atoms. The summed E-state index contributed by atoms with van der Waals surface area (Å²) in [4.78, 5) is 11.2. The number of carboxylic acids is 1. The van der Waals surface area contributed by atoms with E-state index < -0.39 is 11.4 Å². The van der Waals surface area contributed by atoms with Crippen molar-refractivity contribution in [2.45, 2.75) is 51.2 Å². The third-order valence-electron chi connectivity index (χ3n) is 3.87. The molecule has 1 N–H and O–H groups in total. The van der Waals surface area contributed by atoms with Crippen LogP contribution in [0.4, 0.5) is 0 Å². The Morgan fingerprint density at radius 2 is 1.92 bits per heavy atom. The third kappa shape index (κ3) is 1.10. The number of hydrogen-bond acceptors (Lipinski definition) is 2. The quantitative estimate of drug-likeness (QED) is 0.676. The highest BCUT2D eigenvalue weighted by Gasteiger charge is 2.56. The van der Waals surface area contributed by atoms with Crippen LogP contribution in [0, 0.1) is 5.41 Å². The van der Waals surface area contributed by atoms with E-state index in [1.807, 2.05) is 6.92 Å². The maximum Gasteiger partial charge on any atom is 0.312 e. The number of carboxylic acid groups (broad SMARTS) is 1. The molecule has 74 valence electrons. The first-order valence-electron chi connectivity index (χ1n) is 4.90. The van der Waals surface area contributed by atoms with Gasteiger partial charge in [-0.05, 0) is 39.5 Å². The Balaban J connectivity index is 2.29. The monoisotopic (exact) mass is 184 g/mol. The van der Waals surface area contributed by atoms with E-state index in [4.69, 9.17) is 4.74 Å². The van der Waals surface area contributed by atoms with Crippen LogP contribution in [0.1, 0.15) is 39.5 Å². The van der Waals surface area contributed by atoms with Crippen molar-refractivity contribution in [2.75, 3.05) is 0 Å². The van der Waals surface area contributed by atoms with Crippen molar-refractivity contribution in [1.29, 1.82) is 0 Å². The van der Waals surface area contributed by atoms with E-state index in [0.29, 0.717) is 0 Å². The minimum atomic E-state index is -0.679. The van der Waals surface area contributed by atoms with Crippen LogP contribution in [-0.2, 0) is 9.53 Å². The predicted molar refractivity (Wildman–Crippen MR) is 47.5 cm³/mol. The summed E-state index contributed by atoms with van der Waals surface area (Å²) in [6.07, 6.45) is 3.21. The second kappa shape index (κ2) is 2.47. The average molecular weight is 184 g/mol. The molecule has 2 saturated heterocycles. The molecular weight excluding hydrogens is 168 g/mol. The Morgan fingerprint density at radius 1 is 1.38 bits per heavy atom. The zero-order valence-electron chi connectivity index (χ0n) is 8.17. The standard InChI is InChI=1S/C10H16O3/c1-7-10(8(11)12)5-3-9(2,13-7)4-6-10/h7H,3-6H2,1-2H3,(H,11,12). The van der Waals surface area contributed by atoms with E-state index in [0.717, 1.165) is 25.7 Å². The van der Waals surface area contributed by atoms with Crippen LogP contribution in [0.15, 0.2) is 0 Å². The van der Waals surface area contributed by atoms with E-state index in [-0.39, 0.29) is 11.7 Å². The highest BCUT2D eigenvalue weighted by molar-refractivity contribution is 5.76. The summed E-state index contributed by atoms with van der Waals surface area (Å²) >= 11 is 0. The highest BCUT2D eigenvalue weighted by atomic mass is 16.5. The Kier molecular flexibility index (Phi) is 1.71. The van der Waals surface area contributed by atoms with Crippen LogP contribution in [0.2, 0.25) is 0 Å². The molecule has 2 aliphatic heterocycles. The van der Waals surface area contributed by atoms with Crippen molar-refractivity contribution in [3.63, 3.8) is 0 Å². The van der Waals surface area contributed by atoms with Crippen LogP contribution in [0.5, 0.6) is 0 Å². The van der Waals surface area contributed by atoms with E-state index >= 15 is 0 Å². The smallest absolute Gasteiger partial charge is 0.312 e. The summed E-state index contributed by atoms with van der Waals surface area (Å²) < 4.78 is 5.76. The summed E-state index contributed by atoms with van der Waals surface area (Å²) in [6.45, 7) is 3.99. The van der Waals surface area contributed by atoms with Gasteiger partial charge in [-0.15, -0.1) is 0 Å². The lowest BCUT2D eigenvalue weighted by Gasteiger charge is -2.53. The van der Waals surface area contributed by atoms with Crippen molar-refractivity contribution in [3.8, 4) is 0 Å². The molecule has 0 amide bonds. The molecule has 3 nitrogen and oxygen atoms in total. The van der Waals surface area contributed by atoms with Gasteiger partial charge in [-0.3, -0.25) is 4.79 Å². The van der Waals surface area contributed by atoms with Gasteiger partial charge < -0.3 is 9.84 Å². The molecule has 3 rings (SSSR count). The van der Waals surface area contributed by atoms with Crippen molar-refractivity contribution >= 4 is 5.97 Å². The predicted octanol–water partition coefficient (Wildman–Crippen LogP) is 1.81. The van der Waals surface area contributed by atoms with Gasteiger partial charge in [-0.2, -0.15) is 0 Å². The molecule has 1 unspecified atom stereocenters. The third-order valence-corrected chi connectivity index (χ3v) is 3.87. The molecule has 3 heteroatoms. The maximum absolute atomic E-state index is 11.2. The Bertz CT molecular complexity index is 239. The van der Waals surface area contributed by atoms with Gasteiger partial charge in [0.05, 0.1) is 17.1 Å². The van der Waals surface area contributed by atoms with Crippen LogP contribution < -0.4 is 0 Å². The van der Waals surface area contributed by atoms with Crippen LogP contribution in [0.3, 0.4) is 0 Å². The molecule has 0 radical (unpaired) electrons. The maximum atomic E-state index is 11.2. The topological polar surface area (TPSA) is 46.5 Å². The highest BCUT2D eigenvalue weighted by Crippen LogP contribution is 2.52. The second-order valence-electron chi connectivity index (χ2n) is 4.67. The first-order valence-corrected chi connectivity index (χ1v) is 4.90. The van der Waals surface area contributed by atoms with Crippen LogP contribution >= 0.6 is 0 Å². The minimum absolute atomic E-state index is 0.0450. The fourth-order valence-corrected chi connectivity index (χ4v) is 2.68. The fraction of sp³-hybridized carbons (Fsp3) is 0.900. The van der Waals surface area contributed by atoms with Gasteiger partial charge in [0.1, 0.15) is 0 Å². The molecule has 0 aromatic heterocycles. The second-order valence-corrected chi connectivity index (χ2v) is 4.67. The first kappa shape index (κ1) is 9.00. The lowest BCUT2D eigenvalue weighted by atomic mass is 9.63. The zero-order valence-corrected chi connectivity index (χ0v) is 8.17. The molecule has 0 spiro atoms. The molecular formula is C10H16O3. The fourth-order valence-electron chi connectivity index (χ4n) is 2.68. The molecule has 1 saturated carbocycles. The molecule has 2 bridgehead atoms. The lowest BCUT2D eigenvalue weighted by molar-refractivity contribution is -0.226. The van der Waals surface area contributed by atoms with Crippen molar-refractivity contribution in [1.82, 2.24) is 0 Å². The Hall–Kier alpha value is -0.570. The van der Waals surface area contributed by atoms with Gasteiger partial charge in [0, 0.05) is 0 Å². The molecule has 1 atom stereocenters. The molecule has 3 fully saturated rings. The summed E-state index contributed by atoms with van der Waals surface area (Å²) in [5.41, 5.74) is -0.631. The van der Waals surface area contributed by atoms with Crippen molar-refractivity contribution < 1.29 is 14.6 Å². The van der Waals surface area contributed by atoms with Gasteiger partial charge >= 0.3 is 5.97 Å². The summed E-state index contributed by atoms with van der Waals surface area (Å²) in [6, 6.07) is 0. The Morgan fingerprint density at radius 3 is 2.31 bits per heavy atom. The van der Waals surface area contributed by atoms with Crippen molar-refractivity contribution in [2.24, 2.45) is 5.41 Å². The van der Waals surface area contributed by atoms with E-state index in [2.05, 4.69) is 6.92 Å². The number of fused-ring (bicyclic) bond motifs is 3. The number of aliphatic carboxylic acids is 1. The Labute approximate surface area is 78.1 Å². The van der Waals surface area contributed by atoms with E-state index in [1.54, 1.807) is 0 Å². The number of ether oxygens (including phenoxy) is 1. The molecule has 0 aromatic carbocycles. The normalized spacial score (nSPS) is 49.2. The van der Waals surface area contributed by atoms with E-state index in [9.17, 15) is 9.90 Å². The summed E-state index contributed by atoms with van der Waals surface area (Å²) in [5, 5.41) is 9.19. The number of carbonyl (C=O) groups is 1. The first-order chi connectivity index (χ1) is 5.99. The van der Waals surface area contributed by atoms with Gasteiger partial charge in [0.2, 0.25) is 0 Å². The molecule has 1 aliphatic carbocycles. The van der Waals surface area contributed by atoms with Gasteiger partial charge in [-0.25, -0.2) is 0 Å². The van der Waals surface area contributed by atoms with Crippen molar-refractivity contribution in [3.05, 3.63) is 0 Å². The average Bonchev–Trinajstić information content (AvgIpc) is 2.03.